The van der Waals surface area contributed by atoms with E-state index in [4.69, 9.17) is 27.9 Å². The molecule has 0 radical (unpaired) electrons. The van der Waals surface area contributed by atoms with E-state index in [-0.39, 0.29) is 17.9 Å². The lowest BCUT2D eigenvalue weighted by Crippen LogP contribution is -2.52. The van der Waals surface area contributed by atoms with E-state index in [2.05, 4.69) is 10.6 Å². The predicted octanol–water partition coefficient (Wildman–Crippen LogP) is 6.38. The van der Waals surface area contributed by atoms with Gasteiger partial charge in [-0.05, 0) is 84.8 Å². The van der Waals surface area contributed by atoms with E-state index in [0.29, 0.717) is 35.2 Å². The topological polar surface area (TPSA) is 70.7 Å². The summed E-state index contributed by atoms with van der Waals surface area (Å²) >= 11 is 12.5. The van der Waals surface area contributed by atoms with E-state index < -0.39 is 5.41 Å². The van der Waals surface area contributed by atoms with Gasteiger partial charge in [0.1, 0.15) is 5.75 Å². The van der Waals surface area contributed by atoms with Crippen molar-refractivity contribution < 1.29 is 14.3 Å². The molecular formula is C28H27Cl2N3O3. The molecule has 3 amide bonds. The first-order valence-electron chi connectivity index (χ1n) is 11.9. The molecule has 2 N–H and O–H groups in total. The minimum atomic E-state index is -0.844. The summed E-state index contributed by atoms with van der Waals surface area (Å²) in [5.41, 5.74) is 2.47. The number of fused-ring (bicyclic) bond motifs is 1. The number of urea groups is 1. The summed E-state index contributed by atoms with van der Waals surface area (Å²) < 4.78 is 5.20. The molecule has 36 heavy (non-hydrogen) atoms. The Morgan fingerprint density at radius 3 is 2.64 bits per heavy atom. The number of nitrogens with one attached hydrogen (secondary N) is 2. The number of benzene rings is 3. The average molecular weight is 524 g/mol. The quantitative estimate of drug-likeness (QED) is 0.407. The molecule has 3 aromatic rings. The molecule has 0 aliphatic carbocycles. The molecule has 1 saturated heterocycles. The molecule has 0 bridgehead atoms. The van der Waals surface area contributed by atoms with Gasteiger partial charge in [-0.3, -0.25) is 4.79 Å². The highest BCUT2D eigenvalue weighted by Crippen LogP contribution is 2.49. The van der Waals surface area contributed by atoms with E-state index in [1.807, 2.05) is 48.5 Å². The van der Waals surface area contributed by atoms with E-state index in [1.54, 1.807) is 30.2 Å². The number of hydrogen-bond acceptors (Lipinski definition) is 3. The van der Waals surface area contributed by atoms with Crippen molar-refractivity contribution in [3.63, 3.8) is 0 Å². The summed E-state index contributed by atoms with van der Waals surface area (Å²) in [5, 5.41) is 7.24. The van der Waals surface area contributed by atoms with Crippen molar-refractivity contribution in [1.29, 1.82) is 0 Å². The van der Waals surface area contributed by atoms with Gasteiger partial charge in [-0.1, -0.05) is 41.4 Å². The number of piperidine rings is 1. The molecule has 6 nitrogen and oxygen atoms in total. The highest BCUT2D eigenvalue weighted by molar-refractivity contribution is 6.31. The SMILES string of the molecule is COc1ccc(NC(=O)N2CCCC(C3(Cc4cccc(Cl)c4)C(=O)Nc4cc(Cl)ccc43)C2)cc1. The van der Waals surface area contributed by atoms with Crippen LogP contribution in [-0.4, -0.2) is 37.0 Å². The number of methoxy groups -OCH3 is 1. The molecule has 2 unspecified atom stereocenters. The van der Waals surface area contributed by atoms with Crippen LogP contribution in [0.3, 0.4) is 0 Å². The largest absolute Gasteiger partial charge is 0.497 e. The summed E-state index contributed by atoms with van der Waals surface area (Å²) in [6.07, 6.45) is 2.10. The molecule has 186 valence electrons. The molecule has 3 aromatic carbocycles. The fourth-order valence-electron chi connectivity index (χ4n) is 5.50. The van der Waals surface area contributed by atoms with Crippen molar-refractivity contribution in [3.8, 4) is 5.75 Å². The lowest BCUT2D eigenvalue weighted by atomic mass is 9.65. The van der Waals surface area contributed by atoms with Gasteiger partial charge in [-0.15, -0.1) is 0 Å². The third-order valence-corrected chi connectivity index (χ3v) is 7.70. The predicted molar refractivity (Wildman–Crippen MR) is 143 cm³/mol. The maximum atomic E-state index is 13.8. The lowest BCUT2D eigenvalue weighted by Gasteiger charge is -2.42. The second-order valence-corrected chi connectivity index (χ2v) is 10.2. The Morgan fingerprint density at radius 2 is 1.89 bits per heavy atom. The monoisotopic (exact) mass is 523 g/mol. The van der Waals surface area contributed by atoms with Gasteiger partial charge in [0.15, 0.2) is 0 Å². The second-order valence-electron chi connectivity index (χ2n) is 9.37. The maximum absolute atomic E-state index is 13.8. The van der Waals surface area contributed by atoms with Crippen LogP contribution in [-0.2, 0) is 16.6 Å². The van der Waals surface area contributed by atoms with Crippen LogP contribution in [0.2, 0.25) is 10.0 Å². The molecule has 0 aromatic heterocycles. The number of nitrogens with zero attached hydrogens (tertiary/aromatic N) is 1. The summed E-state index contributed by atoms with van der Waals surface area (Å²) in [4.78, 5) is 28.8. The Hall–Kier alpha value is -3.22. The zero-order valence-electron chi connectivity index (χ0n) is 19.9. The Labute approximate surface area is 220 Å². The minimum Gasteiger partial charge on any atom is -0.497 e. The lowest BCUT2D eigenvalue weighted by molar-refractivity contribution is -0.123. The van der Waals surface area contributed by atoms with Gasteiger partial charge < -0.3 is 20.3 Å². The smallest absolute Gasteiger partial charge is 0.321 e. The number of rotatable bonds is 5. The third-order valence-electron chi connectivity index (χ3n) is 7.23. The normalized spacial score (nSPS) is 21.0. The summed E-state index contributed by atoms with van der Waals surface area (Å²) in [6, 6.07) is 20.2. The first-order chi connectivity index (χ1) is 17.4. The number of ether oxygens (including phenoxy) is 1. The van der Waals surface area contributed by atoms with Gasteiger partial charge >= 0.3 is 6.03 Å². The van der Waals surface area contributed by atoms with Crippen molar-refractivity contribution in [1.82, 2.24) is 4.90 Å². The van der Waals surface area contributed by atoms with Crippen LogP contribution in [0.1, 0.15) is 24.0 Å². The third kappa shape index (κ3) is 4.63. The van der Waals surface area contributed by atoms with Crippen LogP contribution in [0.4, 0.5) is 16.2 Å². The van der Waals surface area contributed by atoms with Gasteiger partial charge in [0.25, 0.3) is 0 Å². The number of likely N-dealkylation sites (tertiary alicyclic amines) is 1. The molecule has 0 saturated carbocycles. The van der Waals surface area contributed by atoms with Crippen LogP contribution in [0.25, 0.3) is 0 Å². The van der Waals surface area contributed by atoms with E-state index in [1.165, 1.54) is 0 Å². The Morgan fingerprint density at radius 1 is 1.11 bits per heavy atom. The van der Waals surface area contributed by atoms with Crippen LogP contribution < -0.4 is 15.4 Å². The van der Waals surface area contributed by atoms with E-state index >= 15 is 0 Å². The second kappa shape index (κ2) is 10.0. The molecule has 5 rings (SSSR count). The van der Waals surface area contributed by atoms with Crippen LogP contribution >= 0.6 is 23.2 Å². The molecule has 2 heterocycles. The van der Waals surface area contributed by atoms with Crippen LogP contribution in [0.5, 0.6) is 5.75 Å². The molecule has 2 aliphatic heterocycles. The molecule has 2 aliphatic rings. The van der Waals surface area contributed by atoms with Gasteiger partial charge in [0.05, 0.1) is 12.5 Å². The van der Waals surface area contributed by atoms with Crippen molar-refractivity contribution >= 4 is 46.5 Å². The Kier molecular flexibility index (Phi) is 6.82. The van der Waals surface area contributed by atoms with Crippen LogP contribution in [0.15, 0.2) is 66.7 Å². The van der Waals surface area contributed by atoms with Crippen molar-refractivity contribution in [2.24, 2.45) is 5.92 Å². The zero-order valence-corrected chi connectivity index (χ0v) is 21.4. The first-order valence-corrected chi connectivity index (χ1v) is 12.7. The number of amides is 3. The van der Waals surface area contributed by atoms with E-state index in [0.717, 1.165) is 35.4 Å². The summed E-state index contributed by atoms with van der Waals surface area (Å²) in [6.45, 7) is 1.08. The summed E-state index contributed by atoms with van der Waals surface area (Å²) in [5.74, 6) is 0.566. The zero-order chi connectivity index (χ0) is 25.3. The molecule has 2 atom stereocenters. The Bertz CT molecular complexity index is 1300. The number of hydrogen-bond donors (Lipinski definition) is 2. The number of anilines is 2. The molecule has 1 fully saturated rings. The minimum absolute atomic E-state index is 0.0674. The van der Waals surface area contributed by atoms with Gasteiger partial charge in [-0.2, -0.15) is 0 Å². The van der Waals surface area contributed by atoms with Gasteiger partial charge in [0, 0.05) is 34.5 Å². The van der Waals surface area contributed by atoms with Crippen molar-refractivity contribution in [2.75, 3.05) is 30.8 Å². The first kappa shape index (κ1) is 24.5. The highest BCUT2D eigenvalue weighted by atomic mass is 35.5. The Balaban J connectivity index is 1.45. The number of carbonyl (C=O) groups is 2. The van der Waals surface area contributed by atoms with Crippen LogP contribution in [0, 0.1) is 5.92 Å². The molecule has 0 spiro atoms. The summed E-state index contributed by atoms with van der Waals surface area (Å²) in [7, 11) is 1.60. The number of halogens is 2. The molecule has 8 heteroatoms. The van der Waals surface area contributed by atoms with Gasteiger partial charge in [0.2, 0.25) is 5.91 Å². The fourth-order valence-corrected chi connectivity index (χ4v) is 5.88. The standard InChI is InChI=1S/C28H27Cl2N3O3/c1-36-23-10-8-22(9-11-23)31-27(35)33-13-3-5-19(17-33)28(16-18-4-2-6-20(29)14-18)24-12-7-21(30)15-25(24)32-26(28)34/h2,4,6-12,14-15,19H,3,5,13,16-17H2,1H3,(H,31,35)(H,32,34). The maximum Gasteiger partial charge on any atom is 0.321 e. The highest BCUT2D eigenvalue weighted by Gasteiger charge is 2.53. The van der Waals surface area contributed by atoms with E-state index in [9.17, 15) is 9.59 Å². The van der Waals surface area contributed by atoms with Crippen molar-refractivity contribution in [2.45, 2.75) is 24.7 Å². The number of carbonyl (C=O) groups excluding carboxylic acids is 2. The fraction of sp³-hybridized carbons (Fsp3) is 0.286. The molecular weight excluding hydrogens is 497 g/mol. The van der Waals surface area contributed by atoms with Gasteiger partial charge in [-0.25, -0.2) is 4.79 Å². The average Bonchev–Trinajstić information content (AvgIpc) is 3.15. The van der Waals surface area contributed by atoms with Crippen molar-refractivity contribution in [3.05, 3.63) is 87.9 Å².